The Labute approximate surface area is 78.5 Å². The fraction of sp³-hybridized carbons (Fsp3) is 0.333. The number of carbonyl (C=O) groups is 2. The predicted octanol–water partition coefficient (Wildman–Crippen LogP) is -0.441. The van der Waals surface area contributed by atoms with Crippen molar-refractivity contribution < 1.29 is 9.59 Å². The number of aromatic amines is 1. The number of imide groups is 1. The summed E-state index contributed by atoms with van der Waals surface area (Å²) in [5, 5.41) is 8.89. The first-order chi connectivity index (χ1) is 6.18. The normalized spacial score (nSPS) is 9.62. The minimum atomic E-state index is -0.358. The molecule has 0 fully saturated rings. The lowest BCUT2D eigenvalue weighted by Crippen LogP contribution is -2.29. The molecule has 7 heteroatoms. The van der Waals surface area contributed by atoms with Crippen molar-refractivity contribution in [3.05, 3.63) is 6.33 Å². The van der Waals surface area contributed by atoms with Crippen LogP contribution in [0.3, 0.4) is 0 Å². The zero-order valence-corrected chi connectivity index (χ0v) is 7.72. The Morgan fingerprint density at radius 3 is 3.00 bits per heavy atom. The number of hydrogen-bond acceptors (Lipinski definition) is 5. The molecule has 1 heterocycles. The van der Waals surface area contributed by atoms with Crippen LogP contribution in [0.1, 0.15) is 6.92 Å². The number of nitrogens with one attached hydrogen (secondary N) is 2. The van der Waals surface area contributed by atoms with Crippen LogP contribution in [0.2, 0.25) is 0 Å². The molecule has 0 aromatic carbocycles. The number of H-pyrrole nitrogens is 1. The van der Waals surface area contributed by atoms with Crippen molar-refractivity contribution in [2.75, 3.05) is 5.75 Å². The Morgan fingerprint density at radius 1 is 1.69 bits per heavy atom. The average Bonchev–Trinajstić information content (AvgIpc) is 2.51. The van der Waals surface area contributed by atoms with E-state index in [1.165, 1.54) is 25.0 Å². The highest BCUT2D eigenvalue weighted by atomic mass is 32.2. The Hall–Kier alpha value is -1.37. The maximum absolute atomic E-state index is 10.9. The van der Waals surface area contributed by atoms with E-state index in [1.807, 2.05) is 0 Å². The van der Waals surface area contributed by atoms with Crippen LogP contribution in [0.4, 0.5) is 0 Å². The molecule has 0 saturated heterocycles. The largest absolute Gasteiger partial charge is 0.296 e. The van der Waals surface area contributed by atoms with E-state index in [4.69, 9.17) is 0 Å². The fourth-order valence-corrected chi connectivity index (χ4v) is 1.21. The summed E-state index contributed by atoms with van der Waals surface area (Å²) in [4.78, 5) is 25.2. The summed E-state index contributed by atoms with van der Waals surface area (Å²) in [5.41, 5.74) is 0. The van der Waals surface area contributed by atoms with Crippen LogP contribution in [0.15, 0.2) is 11.5 Å². The van der Waals surface area contributed by atoms with Gasteiger partial charge in [0.05, 0.1) is 5.75 Å². The van der Waals surface area contributed by atoms with E-state index in [9.17, 15) is 9.59 Å². The molecule has 1 aromatic rings. The van der Waals surface area contributed by atoms with E-state index in [0.717, 1.165) is 0 Å². The van der Waals surface area contributed by atoms with Crippen LogP contribution in [0.5, 0.6) is 0 Å². The Bertz CT molecular complexity index is 298. The van der Waals surface area contributed by atoms with Gasteiger partial charge in [0.1, 0.15) is 6.33 Å². The van der Waals surface area contributed by atoms with E-state index < -0.39 is 0 Å². The highest BCUT2D eigenvalue weighted by Crippen LogP contribution is 2.09. The predicted molar refractivity (Wildman–Crippen MR) is 45.9 cm³/mol. The topological polar surface area (TPSA) is 87.7 Å². The van der Waals surface area contributed by atoms with Crippen molar-refractivity contribution in [3.63, 3.8) is 0 Å². The Morgan fingerprint density at radius 2 is 2.46 bits per heavy atom. The van der Waals surface area contributed by atoms with Gasteiger partial charge in [-0.1, -0.05) is 11.8 Å². The lowest BCUT2D eigenvalue weighted by Gasteiger charge is -1.97. The summed E-state index contributed by atoms with van der Waals surface area (Å²) >= 11 is 1.18. The van der Waals surface area contributed by atoms with Crippen molar-refractivity contribution in [3.8, 4) is 0 Å². The summed E-state index contributed by atoms with van der Waals surface area (Å²) in [7, 11) is 0. The van der Waals surface area contributed by atoms with E-state index in [1.54, 1.807) is 0 Å². The second-order valence-corrected chi connectivity index (χ2v) is 3.15. The molecular weight excluding hydrogens is 192 g/mol. The van der Waals surface area contributed by atoms with E-state index >= 15 is 0 Å². The third-order valence-corrected chi connectivity index (χ3v) is 1.93. The third kappa shape index (κ3) is 3.70. The number of nitrogens with zero attached hydrogens (tertiary/aromatic N) is 2. The second kappa shape index (κ2) is 4.61. The number of hydrogen-bond donors (Lipinski definition) is 2. The van der Waals surface area contributed by atoms with Crippen LogP contribution in [0, 0.1) is 0 Å². The SMILES string of the molecule is CC(=O)NC(=O)CSc1ncn[nH]1. The number of thioether (sulfide) groups is 1. The van der Waals surface area contributed by atoms with Gasteiger partial charge >= 0.3 is 0 Å². The number of rotatable bonds is 3. The van der Waals surface area contributed by atoms with Gasteiger partial charge in [0.2, 0.25) is 11.8 Å². The van der Waals surface area contributed by atoms with Crippen LogP contribution >= 0.6 is 11.8 Å². The van der Waals surface area contributed by atoms with Gasteiger partial charge in [-0.25, -0.2) is 4.98 Å². The standard InChI is InChI=1S/C6H8N4O2S/c1-4(11)9-5(12)2-13-6-7-3-8-10-6/h3H,2H2,1H3,(H,7,8,10)(H,9,11,12). The number of carbonyl (C=O) groups excluding carboxylic acids is 2. The average molecular weight is 200 g/mol. The van der Waals surface area contributed by atoms with Gasteiger partial charge in [-0.2, -0.15) is 5.10 Å². The summed E-state index contributed by atoms with van der Waals surface area (Å²) in [6, 6.07) is 0. The first-order valence-corrected chi connectivity index (χ1v) is 4.45. The third-order valence-electron chi connectivity index (χ3n) is 1.05. The van der Waals surface area contributed by atoms with Gasteiger partial charge in [0, 0.05) is 6.92 Å². The first kappa shape index (κ1) is 9.72. The maximum atomic E-state index is 10.9. The minimum Gasteiger partial charge on any atom is -0.296 e. The lowest BCUT2D eigenvalue weighted by atomic mass is 10.6. The van der Waals surface area contributed by atoms with E-state index in [-0.39, 0.29) is 17.6 Å². The van der Waals surface area contributed by atoms with Crippen molar-refractivity contribution >= 4 is 23.6 Å². The van der Waals surface area contributed by atoms with E-state index in [0.29, 0.717) is 5.16 Å². The van der Waals surface area contributed by atoms with Gasteiger partial charge in [0.25, 0.3) is 0 Å². The molecule has 2 amide bonds. The molecule has 0 aliphatic heterocycles. The monoisotopic (exact) mass is 200 g/mol. The second-order valence-electron chi connectivity index (χ2n) is 2.18. The molecule has 0 aliphatic carbocycles. The highest BCUT2D eigenvalue weighted by molar-refractivity contribution is 7.99. The van der Waals surface area contributed by atoms with Gasteiger partial charge in [0.15, 0.2) is 5.16 Å². The number of aromatic nitrogens is 3. The van der Waals surface area contributed by atoms with Crippen LogP contribution in [0.25, 0.3) is 0 Å². The Kier molecular flexibility index (Phi) is 3.44. The van der Waals surface area contributed by atoms with Gasteiger partial charge in [-0.05, 0) is 0 Å². The number of amides is 2. The van der Waals surface area contributed by atoms with Gasteiger partial charge < -0.3 is 0 Å². The molecule has 0 saturated carbocycles. The molecule has 0 bridgehead atoms. The smallest absolute Gasteiger partial charge is 0.237 e. The molecule has 2 N–H and O–H groups in total. The summed E-state index contributed by atoms with van der Waals surface area (Å²) in [6.45, 7) is 1.29. The van der Waals surface area contributed by atoms with E-state index in [2.05, 4.69) is 20.5 Å². The molecular formula is C6H8N4O2S. The molecule has 1 rings (SSSR count). The van der Waals surface area contributed by atoms with Crippen molar-refractivity contribution in [2.45, 2.75) is 12.1 Å². The molecule has 13 heavy (non-hydrogen) atoms. The zero-order valence-electron chi connectivity index (χ0n) is 6.90. The lowest BCUT2D eigenvalue weighted by molar-refractivity contribution is -0.127. The molecule has 0 radical (unpaired) electrons. The Balaban J connectivity index is 2.27. The summed E-state index contributed by atoms with van der Waals surface area (Å²) in [5.74, 6) is -0.550. The zero-order chi connectivity index (χ0) is 9.68. The quantitative estimate of drug-likeness (QED) is 0.646. The maximum Gasteiger partial charge on any atom is 0.237 e. The first-order valence-electron chi connectivity index (χ1n) is 3.47. The van der Waals surface area contributed by atoms with Gasteiger partial charge in [-0.3, -0.25) is 20.0 Å². The van der Waals surface area contributed by atoms with Crippen molar-refractivity contribution in [1.29, 1.82) is 0 Å². The van der Waals surface area contributed by atoms with Crippen LogP contribution in [-0.2, 0) is 9.59 Å². The molecule has 0 atom stereocenters. The highest BCUT2D eigenvalue weighted by Gasteiger charge is 2.05. The minimum absolute atomic E-state index is 0.148. The summed E-state index contributed by atoms with van der Waals surface area (Å²) in [6.07, 6.45) is 1.35. The molecule has 0 unspecified atom stereocenters. The van der Waals surface area contributed by atoms with Crippen molar-refractivity contribution in [2.24, 2.45) is 0 Å². The molecule has 6 nitrogen and oxygen atoms in total. The van der Waals surface area contributed by atoms with Crippen LogP contribution in [-0.4, -0.2) is 32.7 Å². The fourth-order valence-electron chi connectivity index (χ4n) is 0.630. The van der Waals surface area contributed by atoms with Crippen LogP contribution < -0.4 is 5.32 Å². The molecule has 0 aliphatic rings. The molecule has 1 aromatic heterocycles. The summed E-state index contributed by atoms with van der Waals surface area (Å²) < 4.78 is 0. The molecule has 70 valence electrons. The molecule has 0 spiro atoms. The van der Waals surface area contributed by atoms with Crippen molar-refractivity contribution in [1.82, 2.24) is 20.5 Å². The van der Waals surface area contributed by atoms with Gasteiger partial charge in [-0.15, -0.1) is 0 Å².